The molecule has 0 saturated heterocycles. The van der Waals surface area contributed by atoms with Gasteiger partial charge in [-0.25, -0.2) is 9.78 Å². The summed E-state index contributed by atoms with van der Waals surface area (Å²) in [5.74, 6) is -0.621. The van der Waals surface area contributed by atoms with E-state index in [0.717, 1.165) is 10.6 Å². The number of thiazole rings is 1. The van der Waals surface area contributed by atoms with E-state index in [1.54, 1.807) is 37.4 Å². The Morgan fingerprint density at radius 2 is 1.88 bits per heavy atom. The van der Waals surface area contributed by atoms with Crippen molar-refractivity contribution in [1.82, 2.24) is 4.98 Å². The second kappa shape index (κ2) is 8.11. The molecule has 0 saturated carbocycles. The summed E-state index contributed by atoms with van der Waals surface area (Å²) in [4.78, 5) is 28.5. The Labute approximate surface area is 151 Å². The average Bonchev–Trinajstić information content (AvgIpc) is 2.93. The van der Waals surface area contributed by atoms with Gasteiger partial charge < -0.3 is 14.8 Å². The van der Waals surface area contributed by atoms with Crippen molar-refractivity contribution >= 4 is 34.1 Å². The van der Waals surface area contributed by atoms with Crippen molar-refractivity contribution < 1.29 is 19.1 Å². The first-order valence-corrected chi connectivity index (χ1v) is 8.79. The number of anilines is 2. The molecule has 0 radical (unpaired) electrons. The Morgan fingerprint density at radius 1 is 1.20 bits per heavy atom. The van der Waals surface area contributed by atoms with Crippen LogP contribution in [-0.4, -0.2) is 29.1 Å². The van der Waals surface area contributed by atoms with E-state index >= 15 is 0 Å². The minimum atomic E-state index is -0.524. The largest absolute Gasteiger partial charge is 0.466 e. The molecule has 134 valence electrons. The zero-order chi connectivity index (χ0) is 18.4. The first-order chi connectivity index (χ1) is 11.8. The Balaban J connectivity index is 1.96. The summed E-state index contributed by atoms with van der Waals surface area (Å²) in [7, 11) is 0. The summed E-state index contributed by atoms with van der Waals surface area (Å²) >= 11 is 1.39. The molecule has 0 amide bonds. The predicted octanol–water partition coefficient (Wildman–Crippen LogP) is 3.95. The van der Waals surface area contributed by atoms with Gasteiger partial charge in [0, 0.05) is 16.8 Å². The van der Waals surface area contributed by atoms with E-state index in [4.69, 9.17) is 9.47 Å². The number of nitrogens with zero attached hydrogens (tertiary/aromatic N) is 1. The highest BCUT2D eigenvalue weighted by atomic mass is 32.1. The van der Waals surface area contributed by atoms with Crippen molar-refractivity contribution in [2.45, 2.75) is 39.7 Å². The van der Waals surface area contributed by atoms with Gasteiger partial charge in [0.2, 0.25) is 0 Å². The normalized spacial score (nSPS) is 11.0. The van der Waals surface area contributed by atoms with E-state index in [1.165, 1.54) is 11.3 Å². The minimum Gasteiger partial charge on any atom is -0.466 e. The van der Waals surface area contributed by atoms with Gasteiger partial charge in [0.25, 0.3) is 0 Å². The van der Waals surface area contributed by atoms with Gasteiger partial charge in [-0.15, -0.1) is 11.3 Å². The van der Waals surface area contributed by atoms with Crippen LogP contribution in [0.25, 0.3) is 0 Å². The van der Waals surface area contributed by atoms with Crippen LogP contribution < -0.4 is 5.32 Å². The highest BCUT2D eigenvalue weighted by molar-refractivity contribution is 7.15. The molecule has 25 heavy (non-hydrogen) atoms. The molecule has 0 fully saturated rings. The van der Waals surface area contributed by atoms with Crippen LogP contribution in [0.1, 0.15) is 42.9 Å². The van der Waals surface area contributed by atoms with E-state index in [-0.39, 0.29) is 18.4 Å². The molecule has 1 heterocycles. The number of ether oxygens (including phenoxy) is 2. The van der Waals surface area contributed by atoms with Crippen LogP contribution in [0, 0.1) is 0 Å². The maximum Gasteiger partial charge on any atom is 0.338 e. The van der Waals surface area contributed by atoms with Crippen LogP contribution in [0.2, 0.25) is 0 Å². The molecule has 1 aromatic carbocycles. The standard InChI is InChI=1S/C18H22N2O4S/c1-5-23-15(21)10-14-11-19-17(25-14)20-13-8-6-12(7-9-13)16(22)24-18(2,3)4/h6-9,11H,5,10H2,1-4H3,(H,19,20). The molecular formula is C18H22N2O4S. The maximum atomic E-state index is 12.0. The molecule has 2 rings (SSSR count). The monoisotopic (exact) mass is 362 g/mol. The van der Waals surface area contributed by atoms with Gasteiger partial charge in [-0.05, 0) is 52.0 Å². The third kappa shape index (κ3) is 6.19. The fraction of sp³-hybridized carbons (Fsp3) is 0.389. The molecule has 6 nitrogen and oxygen atoms in total. The number of aromatic nitrogens is 1. The molecule has 1 aromatic heterocycles. The van der Waals surface area contributed by atoms with Crippen LogP contribution in [0.4, 0.5) is 10.8 Å². The molecule has 7 heteroatoms. The van der Waals surface area contributed by atoms with Gasteiger partial charge in [0.1, 0.15) is 5.60 Å². The summed E-state index contributed by atoms with van der Waals surface area (Å²) in [5.41, 5.74) is 0.761. The summed E-state index contributed by atoms with van der Waals surface area (Å²) < 4.78 is 10.2. The molecule has 0 aliphatic heterocycles. The molecule has 0 unspecified atom stereocenters. The van der Waals surface area contributed by atoms with Gasteiger partial charge in [-0.2, -0.15) is 0 Å². The average molecular weight is 362 g/mol. The van der Waals surface area contributed by atoms with Crippen LogP contribution in [0.15, 0.2) is 30.5 Å². The third-order valence-corrected chi connectivity index (χ3v) is 3.86. The van der Waals surface area contributed by atoms with Crippen LogP contribution in [0.3, 0.4) is 0 Å². The molecular weight excluding hydrogens is 340 g/mol. The summed E-state index contributed by atoms with van der Waals surface area (Å²) in [5, 5.41) is 3.82. The van der Waals surface area contributed by atoms with Gasteiger partial charge in [0.05, 0.1) is 18.6 Å². The lowest BCUT2D eigenvalue weighted by Gasteiger charge is -2.19. The Morgan fingerprint density at radius 3 is 2.48 bits per heavy atom. The van der Waals surface area contributed by atoms with Crippen LogP contribution in [0.5, 0.6) is 0 Å². The second-order valence-electron chi connectivity index (χ2n) is 6.32. The van der Waals surface area contributed by atoms with Gasteiger partial charge in [-0.3, -0.25) is 4.79 Å². The fourth-order valence-electron chi connectivity index (χ4n) is 1.95. The molecule has 0 bridgehead atoms. The number of hydrogen-bond acceptors (Lipinski definition) is 7. The van der Waals surface area contributed by atoms with Crippen molar-refractivity contribution in [2.24, 2.45) is 0 Å². The van der Waals surface area contributed by atoms with E-state index in [2.05, 4.69) is 10.3 Å². The predicted molar refractivity (Wildman–Crippen MR) is 97.3 cm³/mol. The first-order valence-electron chi connectivity index (χ1n) is 7.97. The summed E-state index contributed by atoms with van der Waals surface area (Å²) in [6.07, 6.45) is 1.86. The lowest BCUT2D eigenvalue weighted by Crippen LogP contribution is -2.23. The summed E-state index contributed by atoms with van der Waals surface area (Å²) in [6, 6.07) is 6.96. The quantitative estimate of drug-likeness (QED) is 0.784. The third-order valence-electron chi connectivity index (χ3n) is 2.95. The highest BCUT2D eigenvalue weighted by Gasteiger charge is 2.17. The number of esters is 2. The van der Waals surface area contributed by atoms with E-state index in [9.17, 15) is 9.59 Å². The van der Waals surface area contributed by atoms with Crippen molar-refractivity contribution in [3.8, 4) is 0 Å². The number of carbonyl (C=O) groups is 2. The van der Waals surface area contributed by atoms with E-state index in [0.29, 0.717) is 17.3 Å². The molecule has 2 aromatic rings. The second-order valence-corrected chi connectivity index (χ2v) is 7.43. The lowest BCUT2D eigenvalue weighted by atomic mass is 10.1. The number of benzene rings is 1. The smallest absolute Gasteiger partial charge is 0.338 e. The van der Waals surface area contributed by atoms with Crippen molar-refractivity contribution in [2.75, 3.05) is 11.9 Å². The molecule has 0 spiro atoms. The number of carbonyl (C=O) groups excluding carboxylic acids is 2. The van der Waals surface area contributed by atoms with E-state index in [1.807, 2.05) is 20.8 Å². The number of hydrogen-bond donors (Lipinski definition) is 1. The first kappa shape index (κ1) is 18.9. The Hall–Kier alpha value is -2.41. The van der Waals surface area contributed by atoms with Crippen molar-refractivity contribution in [3.63, 3.8) is 0 Å². The zero-order valence-electron chi connectivity index (χ0n) is 14.8. The molecule has 1 N–H and O–H groups in total. The van der Waals surface area contributed by atoms with E-state index < -0.39 is 5.60 Å². The number of rotatable bonds is 6. The Kier molecular flexibility index (Phi) is 6.14. The van der Waals surface area contributed by atoms with Crippen LogP contribution in [-0.2, 0) is 20.7 Å². The lowest BCUT2D eigenvalue weighted by molar-refractivity contribution is -0.142. The summed E-state index contributed by atoms with van der Waals surface area (Å²) in [6.45, 7) is 7.64. The SMILES string of the molecule is CCOC(=O)Cc1cnc(Nc2ccc(C(=O)OC(C)(C)C)cc2)s1. The van der Waals surface area contributed by atoms with Gasteiger partial charge >= 0.3 is 11.9 Å². The number of nitrogens with one attached hydrogen (secondary N) is 1. The Bertz CT molecular complexity index is 732. The molecule has 0 aliphatic rings. The van der Waals surface area contributed by atoms with Crippen LogP contribution >= 0.6 is 11.3 Å². The van der Waals surface area contributed by atoms with Crippen molar-refractivity contribution in [1.29, 1.82) is 0 Å². The van der Waals surface area contributed by atoms with Gasteiger partial charge in [-0.1, -0.05) is 0 Å². The topological polar surface area (TPSA) is 77.5 Å². The molecule has 0 aliphatic carbocycles. The maximum absolute atomic E-state index is 12.0. The van der Waals surface area contributed by atoms with Gasteiger partial charge in [0.15, 0.2) is 5.13 Å². The zero-order valence-corrected chi connectivity index (χ0v) is 15.6. The molecule has 0 atom stereocenters. The fourth-order valence-corrected chi connectivity index (χ4v) is 2.77. The van der Waals surface area contributed by atoms with Crippen molar-refractivity contribution in [3.05, 3.63) is 40.9 Å². The minimum absolute atomic E-state index is 0.213. The highest BCUT2D eigenvalue weighted by Crippen LogP contribution is 2.24.